The summed E-state index contributed by atoms with van der Waals surface area (Å²) in [6.07, 6.45) is 3.49. The van der Waals surface area contributed by atoms with Gasteiger partial charge in [0.25, 0.3) is 0 Å². The van der Waals surface area contributed by atoms with Gasteiger partial charge in [0.2, 0.25) is 0 Å². The maximum atomic E-state index is 8.93. The summed E-state index contributed by atoms with van der Waals surface area (Å²) in [6.45, 7) is 2.41. The average Bonchev–Trinajstić information content (AvgIpc) is 3.11. The highest BCUT2D eigenvalue weighted by molar-refractivity contribution is 5.21. The van der Waals surface area contributed by atoms with Crippen LogP contribution in [0.4, 0.5) is 0 Å². The third-order valence-electron chi connectivity index (χ3n) is 3.28. The maximum Gasteiger partial charge on any atom is 0.0445 e. The fourth-order valence-corrected chi connectivity index (χ4v) is 2.18. The quantitative estimate of drug-likeness (QED) is 0.770. The van der Waals surface area contributed by atoms with E-state index in [0.717, 1.165) is 12.3 Å². The molecule has 2 heteroatoms. The van der Waals surface area contributed by atoms with Crippen LogP contribution in [0.15, 0.2) is 30.3 Å². The lowest BCUT2D eigenvalue weighted by Crippen LogP contribution is -2.32. The molecule has 2 nitrogen and oxygen atoms in total. The lowest BCUT2D eigenvalue weighted by Gasteiger charge is -2.23. The van der Waals surface area contributed by atoms with Crippen LogP contribution in [-0.4, -0.2) is 17.8 Å². The molecule has 1 fully saturated rings. The van der Waals surface area contributed by atoms with Gasteiger partial charge in [-0.1, -0.05) is 30.3 Å². The standard InChI is InChI=1S/C14H21NO/c1-11(9-10-16)15-14(13-7-8-13)12-5-3-2-4-6-12/h2-6,11,13-16H,7-10H2,1H3. The van der Waals surface area contributed by atoms with Gasteiger partial charge < -0.3 is 10.4 Å². The van der Waals surface area contributed by atoms with Crippen LogP contribution in [0.3, 0.4) is 0 Å². The molecule has 2 rings (SSSR count). The predicted molar refractivity (Wildman–Crippen MR) is 66.2 cm³/mol. The lowest BCUT2D eigenvalue weighted by molar-refractivity contribution is 0.260. The number of aliphatic hydroxyl groups is 1. The molecule has 16 heavy (non-hydrogen) atoms. The Morgan fingerprint density at radius 1 is 1.31 bits per heavy atom. The highest BCUT2D eigenvalue weighted by Gasteiger charge is 2.32. The van der Waals surface area contributed by atoms with Crippen LogP contribution in [0.25, 0.3) is 0 Å². The van der Waals surface area contributed by atoms with Gasteiger partial charge in [-0.15, -0.1) is 0 Å². The van der Waals surface area contributed by atoms with Crippen LogP contribution < -0.4 is 5.32 Å². The zero-order valence-electron chi connectivity index (χ0n) is 9.89. The Bertz CT molecular complexity index is 308. The van der Waals surface area contributed by atoms with Crippen molar-refractivity contribution in [2.75, 3.05) is 6.61 Å². The van der Waals surface area contributed by atoms with Crippen molar-refractivity contribution in [3.8, 4) is 0 Å². The fourth-order valence-electron chi connectivity index (χ4n) is 2.18. The van der Waals surface area contributed by atoms with Gasteiger partial charge in [0.05, 0.1) is 0 Å². The van der Waals surface area contributed by atoms with Crippen molar-refractivity contribution in [1.82, 2.24) is 5.32 Å². The largest absolute Gasteiger partial charge is 0.396 e. The normalized spacial score (nSPS) is 19.4. The van der Waals surface area contributed by atoms with Gasteiger partial charge >= 0.3 is 0 Å². The van der Waals surface area contributed by atoms with E-state index in [9.17, 15) is 0 Å². The van der Waals surface area contributed by atoms with Crippen molar-refractivity contribution in [2.45, 2.75) is 38.3 Å². The second-order valence-corrected chi connectivity index (χ2v) is 4.81. The molecule has 0 saturated heterocycles. The van der Waals surface area contributed by atoms with Crippen LogP contribution in [0.1, 0.15) is 37.8 Å². The molecule has 88 valence electrons. The Hall–Kier alpha value is -0.860. The van der Waals surface area contributed by atoms with E-state index < -0.39 is 0 Å². The van der Waals surface area contributed by atoms with E-state index in [1.807, 2.05) is 0 Å². The van der Waals surface area contributed by atoms with E-state index >= 15 is 0 Å². The lowest BCUT2D eigenvalue weighted by atomic mass is 10.0. The van der Waals surface area contributed by atoms with Crippen molar-refractivity contribution in [3.63, 3.8) is 0 Å². The van der Waals surface area contributed by atoms with E-state index in [2.05, 4.69) is 42.6 Å². The molecule has 1 aromatic rings. The molecular weight excluding hydrogens is 198 g/mol. The summed E-state index contributed by atoms with van der Waals surface area (Å²) in [5.41, 5.74) is 1.38. The van der Waals surface area contributed by atoms with Gasteiger partial charge in [-0.25, -0.2) is 0 Å². The summed E-state index contributed by atoms with van der Waals surface area (Å²) < 4.78 is 0. The Morgan fingerprint density at radius 2 is 2.00 bits per heavy atom. The Balaban J connectivity index is 2.00. The zero-order chi connectivity index (χ0) is 11.4. The van der Waals surface area contributed by atoms with Crippen LogP contribution >= 0.6 is 0 Å². The SMILES string of the molecule is CC(CCO)NC(c1ccccc1)C1CC1. The molecule has 2 unspecified atom stereocenters. The Kier molecular flexibility index (Phi) is 3.97. The second kappa shape index (κ2) is 5.46. The summed E-state index contributed by atoms with van der Waals surface area (Å²) >= 11 is 0. The molecule has 1 saturated carbocycles. The third kappa shape index (κ3) is 3.06. The topological polar surface area (TPSA) is 32.3 Å². The van der Waals surface area contributed by atoms with E-state index in [4.69, 9.17) is 5.11 Å². The van der Waals surface area contributed by atoms with Gasteiger partial charge in [0.1, 0.15) is 0 Å². The van der Waals surface area contributed by atoms with Crippen molar-refractivity contribution >= 4 is 0 Å². The first-order valence-corrected chi connectivity index (χ1v) is 6.23. The number of hydrogen-bond donors (Lipinski definition) is 2. The van der Waals surface area contributed by atoms with E-state index in [0.29, 0.717) is 12.1 Å². The molecule has 0 aliphatic heterocycles. The van der Waals surface area contributed by atoms with Crippen LogP contribution in [0.5, 0.6) is 0 Å². The molecule has 0 amide bonds. The van der Waals surface area contributed by atoms with Crippen LogP contribution in [0, 0.1) is 5.92 Å². The number of rotatable bonds is 6. The Morgan fingerprint density at radius 3 is 2.56 bits per heavy atom. The first kappa shape index (κ1) is 11.6. The molecule has 0 heterocycles. The van der Waals surface area contributed by atoms with Crippen molar-refractivity contribution in [1.29, 1.82) is 0 Å². The van der Waals surface area contributed by atoms with Crippen LogP contribution in [-0.2, 0) is 0 Å². The van der Waals surface area contributed by atoms with E-state index in [-0.39, 0.29) is 6.61 Å². The molecular formula is C14H21NO. The highest BCUT2D eigenvalue weighted by Crippen LogP contribution is 2.41. The zero-order valence-corrected chi connectivity index (χ0v) is 9.89. The summed E-state index contributed by atoms with van der Waals surface area (Å²) in [6, 6.07) is 11.5. The highest BCUT2D eigenvalue weighted by atomic mass is 16.3. The van der Waals surface area contributed by atoms with E-state index in [1.54, 1.807) is 0 Å². The second-order valence-electron chi connectivity index (χ2n) is 4.81. The van der Waals surface area contributed by atoms with Crippen molar-refractivity contribution < 1.29 is 5.11 Å². The molecule has 1 aliphatic carbocycles. The molecule has 0 aromatic heterocycles. The molecule has 2 atom stereocenters. The van der Waals surface area contributed by atoms with Gasteiger partial charge in [0, 0.05) is 18.7 Å². The van der Waals surface area contributed by atoms with Gasteiger partial charge in [-0.05, 0) is 37.7 Å². The minimum absolute atomic E-state index is 0.264. The van der Waals surface area contributed by atoms with Gasteiger partial charge in [-0.3, -0.25) is 0 Å². The summed E-state index contributed by atoms with van der Waals surface area (Å²) in [7, 11) is 0. The van der Waals surface area contributed by atoms with Gasteiger partial charge in [-0.2, -0.15) is 0 Å². The number of nitrogens with one attached hydrogen (secondary N) is 1. The predicted octanol–water partition coefficient (Wildman–Crippen LogP) is 2.50. The first-order chi connectivity index (χ1) is 7.81. The summed E-state index contributed by atoms with van der Waals surface area (Å²) in [4.78, 5) is 0. The maximum absolute atomic E-state index is 8.93. The number of aliphatic hydroxyl groups excluding tert-OH is 1. The molecule has 2 N–H and O–H groups in total. The number of benzene rings is 1. The van der Waals surface area contributed by atoms with E-state index in [1.165, 1.54) is 18.4 Å². The molecule has 0 radical (unpaired) electrons. The van der Waals surface area contributed by atoms with Crippen LogP contribution in [0.2, 0.25) is 0 Å². The smallest absolute Gasteiger partial charge is 0.0445 e. The summed E-state index contributed by atoms with van der Waals surface area (Å²) in [5.74, 6) is 0.795. The summed E-state index contributed by atoms with van der Waals surface area (Å²) in [5, 5.41) is 12.6. The average molecular weight is 219 g/mol. The molecule has 1 aromatic carbocycles. The monoisotopic (exact) mass is 219 g/mol. The number of hydrogen-bond acceptors (Lipinski definition) is 2. The van der Waals surface area contributed by atoms with Crippen molar-refractivity contribution in [3.05, 3.63) is 35.9 Å². The Labute approximate surface area is 97.7 Å². The third-order valence-corrected chi connectivity index (χ3v) is 3.28. The minimum Gasteiger partial charge on any atom is -0.396 e. The molecule has 0 spiro atoms. The first-order valence-electron chi connectivity index (χ1n) is 6.23. The van der Waals surface area contributed by atoms with Gasteiger partial charge in [0.15, 0.2) is 0 Å². The minimum atomic E-state index is 0.264. The fraction of sp³-hybridized carbons (Fsp3) is 0.571. The molecule has 0 bridgehead atoms. The molecule has 1 aliphatic rings. The van der Waals surface area contributed by atoms with Crippen molar-refractivity contribution in [2.24, 2.45) is 5.92 Å².